The van der Waals surface area contributed by atoms with E-state index in [2.05, 4.69) is 151 Å². The smallest absolute Gasteiger partial charge is 0.171 e. The lowest BCUT2D eigenvalue weighted by atomic mass is 9.61. The Bertz CT molecular complexity index is 3000. The molecule has 0 bridgehead atoms. The molecule has 3 heterocycles. The van der Waals surface area contributed by atoms with E-state index in [1.54, 1.807) is 0 Å². The Kier molecular flexibility index (Phi) is 6.66. The number of para-hydroxylation sites is 3. The van der Waals surface area contributed by atoms with Crippen LogP contribution in [0.1, 0.15) is 27.8 Å². The van der Waals surface area contributed by atoms with Crippen molar-refractivity contribution in [3.63, 3.8) is 0 Å². The number of hydrogen-bond donors (Lipinski definition) is 0. The van der Waals surface area contributed by atoms with Crippen molar-refractivity contribution >= 4 is 62.1 Å². The summed E-state index contributed by atoms with van der Waals surface area (Å²) in [4.78, 5) is 2.41. The maximum absolute atomic E-state index is 16.5. The van der Waals surface area contributed by atoms with Gasteiger partial charge in [-0.1, -0.05) is 151 Å². The summed E-state index contributed by atoms with van der Waals surface area (Å²) in [6, 6.07) is 66.3. The van der Waals surface area contributed by atoms with Crippen molar-refractivity contribution in [2.24, 2.45) is 0 Å². The molecule has 0 N–H and O–H groups in total. The quantitative estimate of drug-likeness (QED) is 0.171. The monoisotopic (exact) mass is 711 g/mol. The van der Waals surface area contributed by atoms with Crippen molar-refractivity contribution in [3.05, 3.63) is 216 Å². The molecule has 9 aromatic rings. The van der Waals surface area contributed by atoms with Gasteiger partial charge in [-0.2, -0.15) is 0 Å². The summed E-state index contributed by atoms with van der Waals surface area (Å²) >= 11 is 0. The first-order chi connectivity index (χ1) is 26.6. The highest BCUT2D eigenvalue weighted by Crippen LogP contribution is 2.63. The maximum Gasteiger partial charge on any atom is 0.171 e. The summed E-state index contributed by atoms with van der Waals surface area (Å²) in [5, 5.41) is 4.55. The average Bonchev–Trinajstić information content (AvgIpc) is 3.60. The highest BCUT2D eigenvalue weighted by molar-refractivity contribution is 7.85. The van der Waals surface area contributed by atoms with Gasteiger partial charge in [-0.3, -0.25) is 0 Å². The second kappa shape index (κ2) is 11.5. The predicted octanol–water partition coefficient (Wildman–Crippen LogP) is 11.7. The van der Waals surface area contributed by atoms with Gasteiger partial charge in [-0.25, -0.2) is 0 Å². The zero-order chi connectivity index (χ0) is 36.0. The van der Waals surface area contributed by atoms with E-state index in [1.807, 2.05) is 48.5 Å². The lowest BCUT2D eigenvalue weighted by molar-refractivity contribution is 0.590. The number of anilines is 3. The minimum absolute atomic E-state index is 0.741. The van der Waals surface area contributed by atoms with Crippen LogP contribution in [0.5, 0.6) is 0 Å². The van der Waals surface area contributed by atoms with Gasteiger partial charge in [0.25, 0.3) is 0 Å². The molecule has 2 aliphatic heterocycles. The molecule has 8 aromatic carbocycles. The van der Waals surface area contributed by atoms with Crippen LogP contribution in [0.2, 0.25) is 0 Å². The standard InChI is InChI=1S/C50H34NO2P/c1-33-15-14-16-34(29-33)35-27-28-41-45(30-35)51(36-17-4-2-5-18-36)44-24-11-9-22-40(44)50(41)42-23-10-13-26-48(42)54(52,37-19-6-3-7-20-37)49-32-47-39(31-43(49)50)38-21-8-12-25-46(38)53-47/h2-32H,1H3. The Morgan fingerprint density at radius 3 is 2.00 bits per heavy atom. The zero-order valence-corrected chi connectivity index (χ0v) is 30.5. The van der Waals surface area contributed by atoms with E-state index in [0.29, 0.717) is 0 Å². The molecular weight excluding hydrogens is 678 g/mol. The third kappa shape index (κ3) is 4.16. The third-order valence-corrected chi connectivity index (χ3v) is 14.7. The SMILES string of the molecule is Cc1cccc(-c2ccc3c(c2)N(c2ccccc2)c2ccccc2C32c3ccccc3P(=O)(c3ccccc3)c3cc4oc5ccccc5c4cc32)c1. The highest BCUT2D eigenvalue weighted by atomic mass is 31.2. The molecule has 0 fully saturated rings. The van der Waals surface area contributed by atoms with Gasteiger partial charge in [-0.05, 0) is 82.8 Å². The number of hydrogen-bond acceptors (Lipinski definition) is 3. The second-order valence-electron chi connectivity index (χ2n) is 14.5. The second-order valence-corrected chi connectivity index (χ2v) is 17.2. The Hall–Kier alpha value is -6.41. The Labute approximate surface area is 314 Å². The van der Waals surface area contributed by atoms with Crippen LogP contribution < -0.4 is 20.8 Å². The van der Waals surface area contributed by atoms with Gasteiger partial charge in [0.2, 0.25) is 0 Å². The maximum atomic E-state index is 16.5. The molecule has 2 aliphatic rings. The van der Waals surface area contributed by atoms with Gasteiger partial charge >= 0.3 is 0 Å². The Balaban J connectivity index is 1.34. The van der Waals surface area contributed by atoms with E-state index in [9.17, 15) is 0 Å². The molecule has 2 atom stereocenters. The van der Waals surface area contributed by atoms with E-state index in [1.165, 1.54) is 11.1 Å². The molecule has 1 spiro atoms. The van der Waals surface area contributed by atoms with Crippen LogP contribution in [0.3, 0.4) is 0 Å². The molecule has 0 aliphatic carbocycles. The molecule has 54 heavy (non-hydrogen) atoms. The average molecular weight is 712 g/mol. The van der Waals surface area contributed by atoms with Gasteiger partial charge in [-0.15, -0.1) is 0 Å². The van der Waals surface area contributed by atoms with Gasteiger partial charge in [0, 0.05) is 32.4 Å². The van der Waals surface area contributed by atoms with Crippen molar-refractivity contribution < 1.29 is 8.98 Å². The van der Waals surface area contributed by atoms with E-state index in [-0.39, 0.29) is 0 Å². The summed E-state index contributed by atoms with van der Waals surface area (Å²) in [6.45, 7) is 2.14. The predicted molar refractivity (Wildman–Crippen MR) is 223 cm³/mol. The highest BCUT2D eigenvalue weighted by Gasteiger charge is 2.55. The lowest BCUT2D eigenvalue weighted by Gasteiger charge is -2.50. The first kappa shape index (κ1) is 31.1. The fraction of sp³-hybridized carbons (Fsp3) is 0.0400. The fourth-order valence-electron chi connectivity index (χ4n) is 9.31. The van der Waals surface area contributed by atoms with Crippen molar-refractivity contribution in [2.75, 3.05) is 4.90 Å². The fourth-order valence-corrected chi connectivity index (χ4v) is 12.5. The summed E-state index contributed by atoms with van der Waals surface area (Å²) in [5.74, 6) is 0. The first-order valence-electron chi connectivity index (χ1n) is 18.4. The number of nitrogens with zero attached hydrogens (tertiary/aromatic N) is 1. The molecule has 0 radical (unpaired) electrons. The number of aryl methyl sites for hydroxylation is 1. The molecule has 0 saturated heterocycles. The van der Waals surface area contributed by atoms with Crippen molar-refractivity contribution in [1.29, 1.82) is 0 Å². The van der Waals surface area contributed by atoms with Crippen molar-refractivity contribution in [2.45, 2.75) is 12.3 Å². The minimum Gasteiger partial charge on any atom is -0.456 e. The molecule has 0 saturated carbocycles. The first-order valence-corrected chi connectivity index (χ1v) is 20.2. The largest absolute Gasteiger partial charge is 0.456 e. The number of furan rings is 1. The molecule has 2 unspecified atom stereocenters. The summed E-state index contributed by atoms with van der Waals surface area (Å²) < 4.78 is 23.1. The van der Waals surface area contributed by atoms with Crippen LogP contribution >= 0.6 is 7.14 Å². The molecule has 0 amide bonds. The van der Waals surface area contributed by atoms with E-state index >= 15 is 4.57 Å². The molecule has 3 nitrogen and oxygen atoms in total. The minimum atomic E-state index is -3.42. The summed E-state index contributed by atoms with van der Waals surface area (Å²) in [5.41, 5.74) is 11.9. The topological polar surface area (TPSA) is 33.5 Å². The van der Waals surface area contributed by atoms with Crippen molar-refractivity contribution in [1.82, 2.24) is 0 Å². The zero-order valence-electron chi connectivity index (χ0n) is 29.6. The van der Waals surface area contributed by atoms with E-state index < -0.39 is 12.6 Å². The van der Waals surface area contributed by atoms with Crippen molar-refractivity contribution in [3.8, 4) is 11.1 Å². The molecule has 1 aromatic heterocycles. The summed E-state index contributed by atoms with van der Waals surface area (Å²) in [6.07, 6.45) is 0. The lowest BCUT2D eigenvalue weighted by Crippen LogP contribution is -2.49. The number of benzene rings is 8. The van der Waals surface area contributed by atoms with Crippen LogP contribution in [0.4, 0.5) is 17.1 Å². The van der Waals surface area contributed by atoms with Gasteiger partial charge in [0.05, 0.1) is 16.8 Å². The van der Waals surface area contributed by atoms with Gasteiger partial charge < -0.3 is 13.9 Å². The molecule has 4 heteroatoms. The normalized spacial score (nSPS) is 18.3. The molecule has 11 rings (SSSR count). The van der Waals surface area contributed by atoms with Crippen LogP contribution in [0.25, 0.3) is 33.1 Å². The third-order valence-electron chi connectivity index (χ3n) is 11.6. The van der Waals surface area contributed by atoms with Gasteiger partial charge in [0.15, 0.2) is 7.14 Å². The van der Waals surface area contributed by atoms with Crippen LogP contribution in [-0.4, -0.2) is 0 Å². The Morgan fingerprint density at radius 1 is 0.481 bits per heavy atom. The number of rotatable bonds is 3. The number of fused-ring (bicyclic) bond motifs is 11. The molecular formula is C50H34NO2P. The van der Waals surface area contributed by atoms with Crippen LogP contribution in [0, 0.1) is 6.92 Å². The van der Waals surface area contributed by atoms with E-state index in [0.717, 1.165) is 82.7 Å². The molecule has 256 valence electrons. The van der Waals surface area contributed by atoms with Gasteiger partial charge in [0.1, 0.15) is 11.2 Å². The Morgan fingerprint density at radius 2 is 1.17 bits per heavy atom. The van der Waals surface area contributed by atoms with Crippen LogP contribution in [-0.2, 0) is 9.98 Å². The van der Waals surface area contributed by atoms with E-state index in [4.69, 9.17) is 4.42 Å². The van der Waals surface area contributed by atoms with Crippen LogP contribution in [0.15, 0.2) is 192 Å². The summed E-state index contributed by atoms with van der Waals surface area (Å²) in [7, 11) is -3.42.